The second kappa shape index (κ2) is 7.51. The molecule has 140 valence electrons. The first-order valence-corrected chi connectivity index (χ1v) is 8.78. The fraction of sp³-hybridized carbons (Fsp3) is 0.471. The van der Waals surface area contributed by atoms with E-state index in [-0.39, 0.29) is 50.6 Å². The van der Waals surface area contributed by atoms with E-state index < -0.39 is 11.5 Å². The number of carbonyl (C=O) groups is 3. The molecule has 0 spiro atoms. The highest BCUT2D eigenvalue weighted by Crippen LogP contribution is 2.35. The van der Waals surface area contributed by atoms with Crippen LogP contribution in [-0.4, -0.2) is 66.7 Å². The Balaban J connectivity index is 1.69. The van der Waals surface area contributed by atoms with Crippen molar-refractivity contribution in [3.8, 4) is 0 Å². The number of aliphatic hydroxyl groups is 1. The predicted octanol–water partition coefficient (Wildman–Crippen LogP) is -0.499. The first kappa shape index (κ1) is 18.5. The van der Waals surface area contributed by atoms with Crippen LogP contribution < -0.4 is 16.0 Å². The Morgan fingerprint density at radius 2 is 2.00 bits per heavy atom. The SMILES string of the molecule is O=C1NCC(C(=O)N2CC(Cc3ccc(Cl)cc3)(C(=O)NCCO)C2)N1. The number of hydrogen-bond acceptors (Lipinski definition) is 4. The van der Waals surface area contributed by atoms with Crippen LogP contribution in [0.5, 0.6) is 0 Å². The summed E-state index contributed by atoms with van der Waals surface area (Å²) < 4.78 is 0. The first-order chi connectivity index (χ1) is 12.4. The molecule has 4 amide bonds. The number of rotatable bonds is 6. The Hall–Kier alpha value is -2.32. The van der Waals surface area contributed by atoms with Gasteiger partial charge in [0, 0.05) is 31.2 Å². The molecule has 1 unspecified atom stereocenters. The summed E-state index contributed by atoms with van der Waals surface area (Å²) in [5.74, 6) is -0.399. The standard InChI is InChI=1S/C17H21ClN4O4/c18-12-3-1-11(2-4-12)7-17(15(25)19-5-6-23)9-22(10-17)14(24)13-8-20-16(26)21-13/h1-4,13,23H,5-10H2,(H,19,25)(H2,20,21,26). The van der Waals surface area contributed by atoms with Gasteiger partial charge in [-0.15, -0.1) is 0 Å². The Kier molecular flexibility index (Phi) is 5.33. The summed E-state index contributed by atoms with van der Waals surface area (Å²) in [5.41, 5.74) is 0.186. The molecule has 26 heavy (non-hydrogen) atoms. The van der Waals surface area contributed by atoms with Crippen LogP contribution in [0.25, 0.3) is 0 Å². The van der Waals surface area contributed by atoms with E-state index in [1.165, 1.54) is 0 Å². The monoisotopic (exact) mass is 380 g/mol. The van der Waals surface area contributed by atoms with Crippen molar-refractivity contribution in [3.05, 3.63) is 34.9 Å². The third-order valence-corrected chi connectivity index (χ3v) is 4.96. The number of nitrogens with zero attached hydrogens (tertiary/aromatic N) is 1. The molecular weight excluding hydrogens is 360 g/mol. The lowest BCUT2D eigenvalue weighted by atomic mass is 9.73. The Morgan fingerprint density at radius 1 is 1.31 bits per heavy atom. The molecule has 2 heterocycles. The van der Waals surface area contributed by atoms with E-state index in [1.54, 1.807) is 17.0 Å². The van der Waals surface area contributed by atoms with Crippen molar-refractivity contribution < 1.29 is 19.5 Å². The summed E-state index contributed by atoms with van der Waals surface area (Å²) in [7, 11) is 0. The van der Waals surface area contributed by atoms with Crippen LogP contribution in [-0.2, 0) is 16.0 Å². The third kappa shape index (κ3) is 3.76. The number of amides is 4. The minimum atomic E-state index is -0.755. The van der Waals surface area contributed by atoms with E-state index >= 15 is 0 Å². The number of carbonyl (C=O) groups excluding carboxylic acids is 3. The van der Waals surface area contributed by atoms with Crippen LogP contribution in [0.3, 0.4) is 0 Å². The first-order valence-electron chi connectivity index (χ1n) is 8.40. The van der Waals surface area contributed by atoms with Crippen LogP contribution >= 0.6 is 11.6 Å². The van der Waals surface area contributed by atoms with Crippen molar-refractivity contribution in [3.63, 3.8) is 0 Å². The van der Waals surface area contributed by atoms with Crippen molar-refractivity contribution >= 4 is 29.4 Å². The summed E-state index contributed by atoms with van der Waals surface area (Å²) >= 11 is 5.91. The van der Waals surface area contributed by atoms with Crippen molar-refractivity contribution in [1.29, 1.82) is 0 Å². The molecule has 8 nitrogen and oxygen atoms in total. The summed E-state index contributed by atoms with van der Waals surface area (Å²) in [6, 6.07) is 6.27. The lowest BCUT2D eigenvalue weighted by molar-refractivity contribution is -0.154. The van der Waals surface area contributed by atoms with Crippen LogP contribution in [0.15, 0.2) is 24.3 Å². The minimum absolute atomic E-state index is 0.148. The van der Waals surface area contributed by atoms with Gasteiger partial charge >= 0.3 is 6.03 Å². The number of likely N-dealkylation sites (tertiary alicyclic amines) is 1. The van der Waals surface area contributed by atoms with Crippen molar-refractivity contribution in [2.24, 2.45) is 5.41 Å². The molecule has 0 radical (unpaired) electrons. The second-order valence-corrected chi connectivity index (χ2v) is 7.10. The molecule has 1 aromatic rings. The largest absolute Gasteiger partial charge is 0.395 e. The van der Waals surface area contributed by atoms with E-state index in [2.05, 4.69) is 16.0 Å². The molecule has 0 saturated carbocycles. The van der Waals surface area contributed by atoms with Gasteiger partial charge in [0.05, 0.1) is 12.0 Å². The molecule has 2 fully saturated rings. The summed E-state index contributed by atoms with van der Waals surface area (Å²) in [4.78, 5) is 37.9. The van der Waals surface area contributed by atoms with Gasteiger partial charge in [0.2, 0.25) is 11.8 Å². The Labute approximate surface area is 155 Å². The van der Waals surface area contributed by atoms with Gasteiger partial charge in [-0.05, 0) is 24.1 Å². The van der Waals surface area contributed by atoms with Gasteiger partial charge in [0.1, 0.15) is 6.04 Å². The molecule has 0 aromatic heterocycles. The molecule has 4 N–H and O–H groups in total. The number of urea groups is 1. The van der Waals surface area contributed by atoms with Gasteiger partial charge in [-0.3, -0.25) is 9.59 Å². The molecule has 1 aromatic carbocycles. The van der Waals surface area contributed by atoms with Crippen LogP contribution in [0, 0.1) is 5.41 Å². The average molecular weight is 381 g/mol. The fourth-order valence-electron chi connectivity index (χ4n) is 3.35. The predicted molar refractivity (Wildman–Crippen MR) is 94.6 cm³/mol. The van der Waals surface area contributed by atoms with Crippen molar-refractivity contribution in [2.45, 2.75) is 12.5 Å². The molecular formula is C17H21ClN4O4. The van der Waals surface area contributed by atoms with E-state index in [4.69, 9.17) is 16.7 Å². The number of nitrogens with one attached hydrogen (secondary N) is 3. The van der Waals surface area contributed by atoms with E-state index in [1.807, 2.05) is 12.1 Å². The van der Waals surface area contributed by atoms with Gasteiger partial charge in [-0.1, -0.05) is 23.7 Å². The van der Waals surface area contributed by atoms with Crippen LogP contribution in [0.4, 0.5) is 4.79 Å². The second-order valence-electron chi connectivity index (χ2n) is 6.66. The highest BCUT2D eigenvalue weighted by molar-refractivity contribution is 6.30. The van der Waals surface area contributed by atoms with Gasteiger partial charge < -0.3 is 26.0 Å². The summed E-state index contributed by atoms with van der Waals surface area (Å²) in [6.07, 6.45) is 0.459. The number of aliphatic hydroxyl groups excluding tert-OH is 1. The highest BCUT2D eigenvalue weighted by Gasteiger charge is 2.52. The Bertz CT molecular complexity index is 703. The molecule has 0 bridgehead atoms. The number of hydrogen-bond donors (Lipinski definition) is 4. The smallest absolute Gasteiger partial charge is 0.315 e. The van der Waals surface area contributed by atoms with E-state index in [0.29, 0.717) is 11.4 Å². The van der Waals surface area contributed by atoms with Gasteiger partial charge in [0.25, 0.3) is 0 Å². The molecule has 2 aliphatic rings. The normalized spacial score (nSPS) is 20.8. The zero-order valence-corrected chi connectivity index (χ0v) is 14.9. The molecule has 1 atom stereocenters. The molecule has 2 aliphatic heterocycles. The molecule has 3 rings (SSSR count). The summed E-state index contributed by atoms with van der Waals surface area (Å²) in [5, 5.41) is 17.4. The zero-order valence-electron chi connectivity index (χ0n) is 14.1. The highest BCUT2D eigenvalue weighted by atomic mass is 35.5. The van der Waals surface area contributed by atoms with Crippen molar-refractivity contribution in [2.75, 3.05) is 32.8 Å². The maximum atomic E-state index is 12.7. The lowest BCUT2D eigenvalue weighted by Crippen LogP contribution is -2.67. The zero-order chi connectivity index (χ0) is 18.7. The van der Waals surface area contributed by atoms with Gasteiger partial charge in [-0.2, -0.15) is 0 Å². The lowest BCUT2D eigenvalue weighted by Gasteiger charge is -2.49. The topological polar surface area (TPSA) is 111 Å². The molecule has 0 aliphatic carbocycles. The third-order valence-electron chi connectivity index (χ3n) is 4.70. The summed E-state index contributed by atoms with van der Waals surface area (Å²) in [6.45, 7) is 0.786. The fourth-order valence-corrected chi connectivity index (χ4v) is 3.48. The van der Waals surface area contributed by atoms with E-state index in [0.717, 1.165) is 5.56 Å². The maximum Gasteiger partial charge on any atom is 0.315 e. The van der Waals surface area contributed by atoms with Gasteiger partial charge in [-0.25, -0.2) is 4.79 Å². The average Bonchev–Trinajstić information content (AvgIpc) is 3.03. The van der Waals surface area contributed by atoms with Gasteiger partial charge in [0.15, 0.2) is 0 Å². The van der Waals surface area contributed by atoms with Crippen molar-refractivity contribution in [1.82, 2.24) is 20.9 Å². The Morgan fingerprint density at radius 3 is 2.58 bits per heavy atom. The van der Waals surface area contributed by atoms with Crippen LogP contribution in [0.1, 0.15) is 5.56 Å². The maximum absolute atomic E-state index is 12.7. The van der Waals surface area contributed by atoms with Crippen LogP contribution in [0.2, 0.25) is 5.02 Å². The number of benzene rings is 1. The number of halogens is 1. The molecule has 9 heteroatoms. The quantitative estimate of drug-likeness (QED) is 0.533. The minimum Gasteiger partial charge on any atom is -0.395 e. The molecule has 2 saturated heterocycles. The van der Waals surface area contributed by atoms with E-state index in [9.17, 15) is 14.4 Å².